The summed E-state index contributed by atoms with van der Waals surface area (Å²) in [5, 5.41) is 51.9. The summed E-state index contributed by atoms with van der Waals surface area (Å²) in [5.74, 6) is -2.84. The van der Waals surface area contributed by atoms with Gasteiger partial charge < -0.3 is 48.9 Å². The second kappa shape index (κ2) is 10.4. The number of hydrogen-bond acceptors (Lipinski definition) is 12. The van der Waals surface area contributed by atoms with E-state index in [1.807, 2.05) is 6.92 Å². The van der Waals surface area contributed by atoms with E-state index in [2.05, 4.69) is 0 Å². The Morgan fingerprint density at radius 3 is 2.38 bits per heavy atom. The van der Waals surface area contributed by atoms with Crippen molar-refractivity contribution in [3.05, 3.63) is 36.3 Å². The molecule has 3 aliphatic heterocycles. The molecule has 1 aromatic heterocycles. The predicted molar refractivity (Wildman–Crippen MR) is 151 cm³/mol. The number of aliphatic hydroxyl groups excluding tert-OH is 4. The molecule has 13 atom stereocenters. The van der Waals surface area contributed by atoms with Gasteiger partial charge in [-0.1, -0.05) is 19.9 Å². The van der Waals surface area contributed by atoms with Crippen molar-refractivity contribution < 1.29 is 63.3 Å². The number of Topliss-reactive ketones (excluding diaryl/α,β-unsaturated/α-hetero) is 1. The third kappa shape index (κ3) is 4.28. The number of cyclic esters (lactones) is 1. The molecule has 1 spiro atoms. The Labute approximate surface area is 260 Å². The van der Waals surface area contributed by atoms with Crippen molar-refractivity contribution >= 4 is 17.7 Å². The first-order valence-electron chi connectivity index (χ1n) is 15.3. The minimum Gasteiger partial charge on any atom is -0.479 e. The number of esters is 1. The summed E-state index contributed by atoms with van der Waals surface area (Å²) >= 11 is 0. The van der Waals surface area contributed by atoms with Gasteiger partial charge in [-0.3, -0.25) is 4.79 Å². The van der Waals surface area contributed by atoms with E-state index in [9.17, 15) is 39.9 Å². The number of carboxylic acid groups (broad SMARTS) is 1. The van der Waals surface area contributed by atoms with Gasteiger partial charge in [-0.2, -0.15) is 0 Å². The van der Waals surface area contributed by atoms with Gasteiger partial charge in [0, 0.05) is 29.4 Å². The second-order valence-electron chi connectivity index (χ2n) is 14.5. The first-order chi connectivity index (χ1) is 21.0. The van der Waals surface area contributed by atoms with E-state index in [1.165, 1.54) is 18.6 Å². The maximum atomic E-state index is 14.6. The number of epoxide rings is 1. The second-order valence-corrected chi connectivity index (χ2v) is 14.5. The van der Waals surface area contributed by atoms with Crippen LogP contribution in [0, 0.1) is 28.1 Å². The molecule has 0 radical (unpaired) electrons. The van der Waals surface area contributed by atoms with E-state index in [0.717, 1.165) is 0 Å². The number of hydrogen-bond donors (Lipinski definition) is 5. The molecule has 13 nitrogen and oxygen atoms in total. The molecule has 2 aliphatic carbocycles. The minimum absolute atomic E-state index is 0.00555. The number of ketones is 1. The molecule has 2 saturated carbocycles. The number of carbonyl (C=O) groups excluding carboxylic acids is 2. The highest BCUT2D eigenvalue weighted by molar-refractivity contribution is 5.92. The zero-order valence-electron chi connectivity index (χ0n) is 25.9. The highest BCUT2D eigenvalue weighted by Gasteiger charge is 2.86. The maximum Gasteiger partial charge on any atom is 0.335 e. The Balaban J connectivity index is 1.48. The largest absolute Gasteiger partial charge is 0.479 e. The fourth-order valence-corrected chi connectivity index (χ4v) is 9.67. The number of allylic oxidation sites excluding steroid dienone is 1. The van der Waals surface area contributed by atoms with Crippen LogP contribution in [0.3, 0.4) is 0 Å². The minimum atomic E-state index is -1.73. The monoisotopic (exact) mass is 634 g/mol. The van der Waals surface area contributed by atoms with Crippen LogP contribution in [0.25, 0.3) is 0 Å². The highest BCUT2D eigenvalue weighted by Crippen LogP contribution is 2.77. The third-order valence-corrected chi connectivity index (χ3v) is 11.9. The summed E-state index contributed by atoms with van der Waals surface area (Å²) in [7, 11) is 0. The van der Waals surface area contributed by atoms with Crippen LogP contribution in [0.4, 0.5) is 0 Å². The number of aliphatic hydroxyl groups is 4. The van der Waals surface area contributed by atoms with Gasteiger partial charge in [-0.15, -0.1) is 0 Å². The van der Waals surface area contributed by atoms with E-state index in [-0.39, 0.29) is 18.6 Å². The van der Waals surface area contributed by atoms with Gasteiger partial charge in [0.2, 0.25) is 0 Å². The normalized spacial score (nSPS) is 47.8. The summed E-state index contributed by atoms with van der Waals surface area (Å²) in [6.45, 7) is 8.42. The molecule has 0 bridgehead atoms. The Bertz CT molecular complexity index is 1390. The Morgan fingerprint density at radius 2 is 1.78 bits per heavy atom. The summed E-state index contributed by atoms with van der Waals surface area (Å²) in [6.07, 6.45) is -3.67. The molecule has 0 unspecified atom stereocenters. The Morgan fingerprint density at radius 1 is 1.07 bits per heavy atom. The van der Waals surface area contributed by atoms with Crippen LogP contribution in [0.2, 0.25) is 0 Å². The lowest BCUT2D eigenvalue weighted by Crippen LogP contribution is -2.70. The topological polar surface area (TPSA) is 206 Å². The summed E-state index contributed by atoms with van der Waals surface area (Å²) < 4.78 is 29.5. The van der Waals surface area contributed by atoms with Gasteiger partial charge in [0.15, 0.2) is 12.4 Å². The van der Waals surface area contributed by atoms with Crippen molar-refractivity contribution in [2.45, 2.75) is 108 Å². The molecule has 0 aromatic carbocycles. The molecule has 0 amide bonds. The number of fused-ring (bicyclic) bond motifs is 4. The van der Waals surface area contributed by atoms with Crippen molar-refractivity contribution in [1.82, 2.24) is 0 Å². The van der Waals surface area contributed by atoms with Gasteiger partial charge in [0.25, 0.3) is 0 Å². The fourth-order valence-electron chi connectivity index (χ4n) is 9.67. The van der Waals surface area contributed by atoms with Gasteiger partial charge in [0.1, 0.15) is 41.4 Å². The summed E-state index contributed by atoms with van der Waals surface area (Å²) in [5.41, 5.74) is -5.57. The SMILES string of the molecule is CC1(C)OC(=O)C=C[C@@]2(C)[C@@H]1CC(=O)[C@]1(C)[C@@H]2CC[C@@](C)([C@@H](O[C@@H]2O[C@H](CO)[C@@H](O)[C@H](O)[C@H]2O)c2ccoc2)[C@]12O[C@H]2C(=O)O. The molecule has 13 heteroatoms. The number of aliphatic carboxylic acids is 1. The van der Waals surface area contributed by atoms with Crippen LogP contribution in [0.5, 0.6) is 0 Å². The smallest absolute Gasteiger partial charge is 0.335 e. The molecular weight excluding hydrogens is 592 g/mol. The first-order valence-corrected chi connectivity index (χ1v) is 15.3. The number of ether oxygens (including phenoxy) is 4. The zero-order chi connectivity index (χ0) is 32.9. The van der Waals surface area contributed by atoms with Crippen LogP contribution in [-0.4, -0.2) is 97.9 Å². The van der Waals surface area contributed by atoms with Crippen LogP contribution >= 0.6 is 0 Å². The van der Waals surface area contributed by atoms with Gasteiger partial charge in [-0.25, -0.2) is 9.59 Å². The summed E-state index contributed by atoms with van der Waals surface area (Å²) in [6, 6.07) is 1.61. The standard InChI is InChI=1S/C32H42O13/c1-28(2)18-12-19(34)31(5)17(29(18,3)9-7-20(35)44-28)6-10-30(4,32(31)25(45-32)26(39)40)24(15-8-11-41-14-15)43-27-23(38)22(37)21(36)16(13-33)42-27/h7-9,11,14,16-18,21-25,27,33,36-38H,6,10,12-13H2,1-5H3,(H,39,40)/t16-,17-,18-,21-,22+,23-,24+,25+,27+,29-,30+,31+,32+/m1/s1. The van der Waals surface area contributed by atoms with E-state index in [0.29, 0.717) is 12.0 Å². The molecule has 4 heterocycles. The highest BCUT2D eigenvalue weighted by atomic mass is 16.7. The van der Waals surface area contributed by atoms with E-state index in [4.69, 9.17) is 23.4 Å². The lowest BCUT2D eigenvalue weighted by molar-refractivity contribution is -0.328. The number of rotatable bonds is 6. The average Bonchev–Trinajstić information content (AvgIpc) is 3.56. The lowest BCUT2D eigenvalue weighted by atomic mass is 9.38. The van der Waals surface area contributed by atoms with E-state index >= 15 is 0 Å². The van der Waals surface area contributed by atoms with Crippen molar-refractivity contribution in [1.29, 1.82) is 0 Å². The molecule has 2 saturated heterocycles. The summed E-state index contributed by atoms with van der Waals surface area (Å²) in [4.78, 5) is 40.0. The maximum absolute atomic E-state index is 14.6. The number of furan rings is 1. The van der Waals surface area contributed by atoms with Crippen LogP contribution in [0.15, 0.2) is 35.2 Å². The molecule has 5 N–H and O–H groups in total. The predicted octanol–water partition coefficient (Wildman–Crippen LogP) is 1.27. The molecule has 1 aromatic rings. The molecule has 45 heavy (non-hydrogen) atoms. The quantitative estimate of drug-likeness (QED) is 0.221. The zero-order valence-corrected chi connectivity index (χ0v) is 25.9. The molecular formula is C32H42O13. The average molecular weight is 635 g/mol. The van der Waals surface area contributed by atoms with Crippen LogP contribution in [-0.2, 0) is 33.3 Å². The van der Waals surface area contributed by atoms with E-state index < -0.39 is 101 Å². The lowest BCUT2D eigenvalue weighted by Gasteiger charge is -2.64. The van der Waals surface area contributed by atoms with Crippen molar-refractivity contribution in [3.63, 3.8) is 0 Å². The Kier molecular flexibility index (Phi) is 7.48. The Hall–Kier alpha value is -2.65. The van der Waals surface area contributed by atoms with Gasteiger partial charge in [-0.05, 0) is 51.0 Å². The first kappa shape index (κ1) is 32.3. The van der Waals surface area contributed by atoms with Crippen molar-refractivity contribution in [2.75, 3.05) is 6.61 Å². The fraction of sp³-hybridized carbons (Fsp3) is 0.719. The number of carbonyl (C=O) groups is 3. The van der Waals surface area contributed by atoms with E-state index in [1.54, 1.807) is 39.8 Å². The van der Waals surface area contributed by atoms with Crippen LogP contribution in [0.1, 0.15) is 65.5 Å². The van der Waals surface area contributed by atoms with Crippen LogP contribution < -0.4 is 0 Å². The van der Waals surface area contributed by atoms with Gasteiger partial charge >= 0.3 is 11.9 Å². The van der Waals surface area contributed by atoms with Crippen molar-refractivity contribution in [2.24, 2.45) is 28.1 Å². The van der Waals surface area contributed by atoms with Crippen molar-refractivity contribution in [3.8, 4) is 0 Å². The molecule has 248 valence electrons. The molecule has 5 aliphatic rings. The number of carboxylic acids is 1. The molecule has 6 rings (SSSR count). The third-order valence-electron chi connectivity index (χ3n) is 11.9. The molecule has 4 fully saturated rings. The van der Waals surface area contributed by atoms with Gasteiger partial charge in [0.05, 0.1) is 30.7 Å².